The van der Waals surface area contributed by atoms with Gasteiger partial charge in [0, 0.05) is 26.7 Å². The molecule has 0 radical (unpaired) electrons. The highest BCUT2D eigenvalue weighted by molar-refractivity contribution is 5.79. The van der Waals surface area contributed by atoms with Crippen molar-refractivity contribution in [3.05, 3.63) is 0 Å². The highest BCUT2D eigenvalue weighted by atomic mass is 16.5. The Morgan fingerprint density at radius 3 is 3.00 bits per heavy atom. The van der Waals surface area contributed by atoms with E-state index in [0.717, 1.165) is 0 Å². The van der Waals surface area contributed by atoms with Crippen molar-refractivity contribution in [2.45, 2.75) is 31.4 Å². The Morgan fingerprint density at radius 2 is 2.47 bits per heavy atom. The topological polar surface area (TPSA) is 67.8 Å². The van der Waals surface area contributed by atoms with Crippen LogP contribution in [0.2, 0.25) is 0 Å². The molecule has 15 heavy (non-hydrogen) atoms. The van der Waals surface area contributed by atoms with Gasteiger partial charge in [0.25, 0.3) is 0 Å². The molecule has 2 atom stereocenters. The molecule has 5 heteroatoms. The normalized spacial score (nSPS) is 31.5. The summed E-state index contributed by atoms with van der Waals surface area (Å²) < 4.78 is 10.3. The van der Waals surface area contributed by atoms with E-state index in [1.165, 1.54) is 0 Å². The Balaban J connectivity index is 2.57. The van der Waals surface area contributed by atoms with E-state index < -0.39 is 11.5 Å². The Morgan fingerprint density at radius 1 is 1.73 bits per heavy atom. The third kappa shape index (κ3) is 3.15. The molecule has 0 aliphatic carbocycles. The number of ether oxygens (including phenoxy) is 2. The first-order valence-electron chi connectivity index (χ1n) is 5.20. The summed E-state index contributed by atoms with van der Waals surface area (Å²) in [6.45, 7) is 3.46. The monoisotopic (exact) mass is 217 g/mol. The van der Waals surface area contributed by atoms with Crippen molar-refractivity contribution in [1.29, 1.82) is 0 Å². The molecule has 1 heterocycles. The van der Waals surface area contributed by atoms with Crippen molar-refractivity contribution in [2.75, 3.05) is 26.9 Å². The van der Waals surface area contributed by atoms with E-state index in [-0.39, 0.29) is 6.10 Å². The largest absolute Gasteiger partial charge is 0.480 e. The zero-order chi connectivity index (χ0) is 11.3. The van der Waals surface area contributed by atoms with Crippen LogP contribution in [0, 0.1) is 0 Å². The minimum atomic E-state index is -0.837. The molecule has 0 aromatic carbocycles. The van der Waals surface area contributed by atoms with Gasteiger partial charge in [0.1, 0.15) is 5.54 Å². The highest BCUT2D eigenvalue weighted by Gasteiger charge is 2.41. The molecule has 1 rings (SSSR count). The van der Waals surface area contributed by atoms with Crippen LogP contribution in [0.3, 0.4) is 0 Å². The molecule has 0 aromatic heterocycles. The van der Waals surface area contributed by atoms with Gasteiger partial charge in [0.2, 0.25) is 0 Å². The van der Waals surface area contributed by atoms with Crippen molar-refractivity contribution in [3.8, 4) is 0 Å². The summed E-state index contributed by atoms with van der Waals surface area (Å²) in [5.74, 6) is -0.797. The van der Waals surface area contributed by atoms with Crippen LogP contribution in [-0.2, 0) is 14.3 Å². The average Bonchev–Trinajstić information content (AvgIpc) is 2.18. The highest BCUT2D eigenvalue weighted by Crippen LogP contribution is 2.24. The number of carboxylic acids is 1. The van der Waals surface area contributed by atoms with Gasteiger partial charge >= 0.3 is 5.97 Å². The first-order chi connectivity index (χ1) is 7.10. The Labute approximate surface area is 89.8 Å². The molecular formula is C10H19NO4. The maximum Gasteiger partial charge on any atom is 0.324 e. The van der Waals surface area contributed by atoms with Crippen LogP contribution in [0.4, 0.5) is 0 Å². The van der Waals surface area contributed by atoms with Gasteiger partial charge in [0.15, 0.2) is 0 Å². The molecule has 0 saturated carbocycles. The fraction of sp³-hybridized carbons (Fsp3) is 0.900. The van der Waals surface area contributed by atoms with Crippen molar-refractivity contribution in [2.24, 2.45) is 0 Å². The minimum absolute atomic E-state index is 0.00936. The van der Waals surface area contributed by atoms with Crippen LogP contribution in [-0.4, -0.2) is 49.6 Å². The number of rotatable bonds is 5. The van der Waals surface area contributed by atoms with E-state index in [2.05, 4.69) is 5.32 Å². The fourth-order valence-electron chi connectivity index (χ4n) is 1.91. The van der Waals surface area contributed by atoms with Crippen LogP contribution in [0.5, 0.6) is 0 Å². The summed E-state index contributed by atoms with van der Waals surface area (Å²) in [4.78, 5) is 11.3. The number of aliphatic carboxylic acids is 1. The lowest BCUT2D eigenvalue weighted by Gasteiger charge is -2.37. The summed E-state index contributed by atoms with van der Waals surface area (Å²) in [6.07, 6.45) is 1.01. The van der Waals surface area contributed by atoms with Crippen molar-refractivity contribution < 1.29 is 19.4 Å². The lowest BCUT2D eigenvalue weighted by molar-refractivity contribution is -0.151. The molecule has 0 bridgehead atoms. The molecule has 0 aromatic rings. The predicted molar refractivity (Wildman–Crippen MR) is 54.9 cm³/mol. The van der Waals surface area contributed by atoms with Crippen LogP contribution in [0.15, 0.2) is 0 Å². The maximum absolute atomic E-state index is 11.3. The summed E-state index contributed by atoms with van der Waals surface area (Å²) in [6, 6.07) is 0. The summed E-state index contributed by atoms with van der Waals surface area (Å²) in [5.41, 5.74) is -0.837. The van der Waals surface area contributed by atoms with Gasteiger partial charge in [-0.2, -0.15) is 0 Å². The van der Waals surface area contributed by atoms with Gasteiger partial charge in [-0.1, -0.05) is 0 Å². The maximum atomic E-state index is 11.3. The standard InChI is InChI=1S/C10H19NO4/c1-8-7-10(9(12)13,3-5-15-8)11-4-6-14-2/h8,11H,3-7H2,1-2H3,(H,12,13). The van der Waals surface area contributed by atoms with Gasteiger partial charge in [-0.05, 0) is 13.3 Å². The third-order valence-electron chi connectivity index (χ3n) is 2.75. The second kappa shape index (κ2) is 5.44. The number of hydrogen-bond donors (Lipinski definition) is 2. The fourth-order valence-corrected chi connectivity index (χ4v) is 1.91. The molecule has 1 aliphatic rings. The molecule has 1 fully saturated rings. The van der Waals surface area contributed by atoms with Crippen LogP contribution in [0.1, 0.15) is 19.8 Å². The summed E-state index contributed by atoms with van der Waals surface area (Å²) in [7, 11) is 1.60. The van der Waals surface area contributed by atoms with E-state index >= 15 is 0 Å². The van der Waals surface area contributed by atoms with Crippen LogP contribution >= 0.6 is 0 Å². The lowest BCUT2D eigenvalue weighted by atomic mass is 9.87. The van der Waals surface area contributed by atoms with Crippen molar-refractivity contribution >= 4 is 5.97 Å². The van der Waals surface area contributed by atoms with Gasteiger partial charge in [0.05, 0.1) is 12.7 Å². The van der Waals surface area contributed by atoms with E-state index in [1.54, 1.807) is 7.11 Å². The third-order valence-corrected chi connectivity index (χ3v) is 2.75. The predicted octanol–water partition coefficient (Wildman–Crippen LogP) is 0.245. The van der Waals surface area contributed by atoms with Gasteiger partial charge in [-0.15, -0.1) is 0 Å². The smallest absolute Gasteiger partial charge is 0.324 e. The van der Waals surface area contributed by atoms with Crippen molar-refractivity contribution in [1.82, 2.24) is 5.32 Å². The molecule has 0 spiro atoms. The van der Waals surface area contributed by atoms with E-state index in [4.69, 9.17) is 9.47 Å². The summed E-state index contributed by atoms with van der Waals surface area (Å²) in [5, 5.41) is 12.3. The molecule has 88 valence electrons. The molecular weight excluding hydrogens is 198 g/mol. The zero-order valence-corrected chi connectivity index (χ0v) is 9.28. The van der Waals surface area contributed by atoms with Gasteiger partial charge < -0.3 is 14.6 Å². The summed E-state index contributed by atoms with van der Waals surface area (Å²) >= 11 is 0. The van der Waals surface area contributed by atoms with E-state index in [9.17, 15) is 9.90 Å². The SMILES string of the molecule is COCCNC1(C(=O)O)CCOC(C)C1. The van der Waals surface area contributed by atoms with E-state index in [0.29, 0.717) is 32.6 Å². The molecule has 1 saturated heterocycles. The van der Waals surface area contributed by atoms with Crippen molar-refractivity contribution in [3.63, 3.8) is 0 Å². The van der Waals surface area contributed by atoms with E-state index in [1.807, 2.05) is 6.92 Å². The molecule has 0 amide bonds. The zero-order valence-electron chi connectivity index (χ0n) is 9.28. The quantitative estimate of drug-likeness (QED) is 0.646. The minimum Gasteiger partial charge on any atom is -0.480 e. The number of nitrogens with one attached hydrogen (secondary N) is 1. The Kier molecular flexibility index (Phi) is 4.50. The van der Waals surface area contributed by atoms with Crippen LogP contribution < -0.4 is 5.32 Å². The first kappa shape index (κ1) is 12.4. The first-order valence-corrected chi connectivity index (χ1v) is 5.20. The Bertz CT molecular complexity index is 221. The van der Waals surface area contributed by atoms with Gasteiger partial charge in [-0.25, -0.2) is 0 Å². The van der Waals surface area contributed by atoms with Crippen LogP contribution in [0.25, 0.3) is 0 Å². The Hall–Kier alpha value is -0.650. The number of hydrogen-bond acceptors (Lipinski definition) is 4. The lowest BCUT2D eigenvalue weighted by Crippen LogP contribution is -2.57. The second-order valence-electron chi connectivity index (χ2n) is 3.94. The number of carboxylic acid groups (broad SMARTS) is 1. The second-order valence-corrected chi connectivity index (χ2v) is 3.94. The van der Waals surface area contributed by atoms with Gasteiger partial charge in [-0.3, -0.25) is 10.1 Å². The molecule has 5 nitrogen and oxygen atoms in total. The number of carbonyl (C=O) groups is 1. The molecule has 2 N–H and O–H groups in total. The number of methoxy groups -OCH3 is 1. The molecule has 1 aliphatic heterocycles. The average molecular weight is 217 g/mol. The molecule has 2 unspecified atom stereocenters.